The molecule has 1 atom stereocenters. The second-order valence-electron chi connectivity index (χ2n) is 5.08. The third-order valence-electron chi connectivity index (χ3n) is 3.22. The number of carbonyl (C=O) groups excluding carboxylic acids is 1. The van der Waals surface area contributed by atoms with E-state index in [-0.39, 0.29) is 11.9 Å². The van der Waals surface area contributed by atoms with Gasteiger partial charge < -0.3 is 11.1 Å². The lowest BCUT2D eigenvalue weighted by Gasteiger charge is -2.14. The lowest BCUT2D eigenvalue weighted by Crippen LogP contribution is -2.26. The van der Waals surface area contributed by atoms with Crippen LogP contribution in [0.4, 0.5) is 0 Å². The Morgan fingerprint density at radius 1 is 1.36 bits per heavy atom. The molecule has 0 saturated heterocycles. The largest absolute Gasteiger partial charge is 0.347 e. The zero-order valence-electron chi connectivity index (χ0n) is 12.7. The highest BCUT2D eigenvalue weighted by Crippen LogP contribution is 2.28. The topological polar surface area (TPSA) is 93.8 Å². The Labute approximate surface area is 134 Å². The van der Waals surface area contributed by atoms with Crippen LogP contribution < -0.4 is 11.1 Å². The zero-order valence-corrected chi connectivity index (χ0v) is 13.5. The summed E-state index contributed by atoms with van der Waals surface area (Å²) in [4.78, 5) is 15.5. The fourth-order valence-corrected chi connectivity index (χ4v) is 3.07. The van der Waals surface area contributed by atoms with Crippen LogP contribution in [0.1, 0.15) is 43.7 Å². The highest BCUT2D eigenvalue weighted by atomic mass is 32.1. The number of hydrogen-bond acceptors (Lipinski definition) is 6. The maximum atomic E-state index is 11.4. The second-order valence-corrected chi connectivity index (χ2v) is 6.09. The van der Waals surface area contributed by atoms with Crippen molar-refractivity contribution in [2.75, 3.05) is 6.54 Å². The molecule has 0 aromatic carbocycles. The minimum absolute atomic E-state index is 0.0537. The molecular weight excluding hydrogens is 298 g/mol. The summed E-state index contributed by atoms with van der Waals surface area (Å²) in [5.41, 5.74) is 6.45. The average Bonchev–Trinajstić information content (AvgIpc) is 3.01. The Balaban J connectivity index is 2.07. The first kappa shape index (κ1) is 16.5. The average molecular weight is 319 g/mol. The van der Waals surface area contributed by atoms with Gasteiger partial charge in [-0.05, 0) is 31.5 Å². The van der Waals surface area contributed by atoms with E-state index in [4.69, 9.17) is 5.73 Å². The van der Waals surface area contributed by atoms with Crippen molar-refractivity contribution < 1.29 is 4.79 Å². The number of nitrogens with two attached hydrogens (primary N) is 1. The van der Waals surface area contributed by atoms with Gasteiger partial charge >= 0.3 is 0 Å². The van der Waals surface area contributed by atoms with Crippen LogP contribution in [0.5, 0.6) is 0 Å². The molecule has 0 spiro atoms. The molecule has 0 saturated carbocycles. The summed E-state index contributed by atoms with van der Waals surface area (Å²) in [6.45, 7) is 2.23. The molecule has 6 nitrogen and oxygen atoms in total. The van der Waals surface area contributed by atoms with Gasteiger partial charge in [-0.3, -0.25) is 9.78 Å². The van der Waals surface area contributed by atoms with Gasteiger partial charge in [0, 0.05) is 24.9 Å². The van der Waals surface area contributed by atoms with Crippen LogP contribution in [0.3, 0.4) is 0 Å². The normalized spacial score (nSPS) is 12.1. The molecule has 0 radical (unpaired) electrons. The number of amides is 1. The van der Waals surface area contributed by atoms with Gasteiger partial charge in [0.2, 0.25) is 5.91 Å². The number of aromatic nitrogens is 3. The van der Waals surface area contributed by atoms with Crippen molar-refractivity contribution >= 4 is 17.2 Å². The molecule has 0 aliphatic rings. The van der Waals surface area contributed by atoms with Gasteiger partial charge in [0.25, 0.3) is 0 Å². The van der Waals surface area contributed by atoms with Crippen LogP contribution in [0.15, 0.2) is 24.5 Å². The molecule has 3 N–H and O–H groups in total. The van der Waals surface area contributed by atoms with Crippen molar-refractivity contribution in [3.8, 4) is 10.6 Å². The lowest BCUT2D eigenvalue weighted by molar-refractivity contribution is -0.119. The highest BCUT2D eigenvalue weighted by Gasteiger charge is 2.18. The number of unbranched alkanes of at least 4 members (excludes halogenated alkanes) is 2. The first-order valence-electron chi connectivity index (χ1n) is 7.41. The van der Waals surface area contributed by atoms with Crippen molar-refractivity contribution in [1.82, 2.24) is 20.5 Å². The summed E-state index contributed by atoms with van der Waals surface area (Å²) in [5.74, 6) is -0.0537. The molecule has 2 rings (SSSR count). The van der Waals surface area contributed by atoms with E-state index < -0.39 is 0 Å². The van der Waals surface area contributed by atoms with Crippen LogP contribution in [0, 0.1) is 0 Å². The maximum absolute atomic E-state index is 11.4. The number of carbonyl (C=O) groups is 1. The number of hydrogen-bond donors (Lipinski definition) is 2. The van der Waals surface area contributed by atoms with Gasteiger partial charge in [-0.1, -0.05) is 24.2 Å². The number of nitrogens with zero attached hydrogens (tertiary/aromatic N) is 3. The summed E-state index contributed by atoms with van der Waals surface area (Å²) in [5, 5.41) is 13.1. The minimum atomic E-state index is -0.0850. The van der Waals surface area contributed by atoms with Gasteiger partial charge in [-0.15, -0.1) is 10.2 Å². The summed E-state index contributed by atoms with van der Waals surface area (Å²) in [6.07, 6.45) is 7.40. The minimum Gasteiger partial charge on any atom is -0.347 e. The number of pyridine rings is 1. The summed E-state index contributed by atoms with van der Waals surface area (Å²) in [7, 11) is 0. The molecule has 0 fully saturated rings. The molecule has 22 heavy (non-hydrogen) atoms. The molecule has 1 amide bonds. The maximum Gasteiger partial charge on any atom is 0.217 e. The number of nitrogens with one attached hydrogen (secondary N) is 1. The zero-order chi connectivity index (χ0) is 15.8. The Bertz CT molecular complexity index is 587. The third-order valence-corrected chi connectivity index (χ3v) is 4.31. The van der Waals surface area contributed by atoms with E-state index in [9.17, 15) is 4.79 Å². The van der Waals surface area contributed by atoms with Gasteiger partial charge in [-0.25, -0.2) is 0 Å². The molecular formula is C15H21N5OS. The predicted molar refractivity (Wildman–Crippen MR) is 87.2 cm³/mol. The molecule has 2 aromatic rings. The summed E-state index contributed by atoms with van der Waals surface area (Å²) < 4.78 is 0. The van der Waals surface area contributed by atoms with Crippen molar-refractivity contribution in [3.05, 3.63) is 29.5 Å². The lowest BCUT2D eigenvalue weighted by atomic mass is 10.1. The van der Waals surface area contributed by atoms with E-state index >= 15 is 0 Å². The quantitative estimate of drug-likeness (QED) is 0.728. The van der Waals surface area contributed by atoms with Crippen LogP contribution >= 0.6 is 11.3 Å². The van der Waals surface area contributed by atoms with E-state index in [1.54, 1.807) is 12.4 Å². The van der Waals surface area contributed by atoms with Crippen LogP contribution in [-0.2, 0) is 4.79 Å². The molecule has 0 bridgehead atoms. The monoisotopic (exact) mass is 319 g/mol. The van der Waals surface area contributed by atoms with Crippen molar-refractivity contribution in [3.63, 3.8) is 0 Å². The Hall–Kier alpha value is -1.86. The van der Waals surface area contributed by atoms with Crippen LogP contribution in [0.25, 0.3) is 10.6 Å². The van der Waals surface area contributed by atoms with Gasteiger partial charge in [0.15, 0.2) is 0 Å². The molecule has 2 heterocycles. The highest BCUT2D eigenvalue weighted by molar-refractivity contribution is 7.14. The molecule has 0 aliphatic carbocycles. The van der Waals surface area contributed by atoms with Crippen molar-refractivity contribution in [2.24, 2.45) is 5.73 Å². The van der Waals surface area contributed by atoms with E-state index in [1.165, 1.54) is 18.3 Å². The summed E-state index contributed by atoms with van der Waals surface area (Å²) >= 11 is 1.50. The Morgan fingerprint density at radius 2 is 2.23 bits per heavy atom. The van der Waals surface area contributed by atoms with E-state index in [1.807, 2.05) is 12.1 Å². The molecule has 0 unspecified atom stereocenters. The standard InChI is InChI=1S/C15H21N5OS/c1-11(21)18-13(7-3-2-4-8-16)15-20-19-14(22-15)12-6-5-9-17-10-12/h5-6,9-10,13H,2-4,7-8,16H2,1H3,(H,18,21)/t13-/m0/s1. The van der Waals surface area contributed by atoms with E-state index in [2.05, 4.69) is 20.5 Å². The van der Waals surface area contributed by atoms with Gasteiger partial charge in [0.1, 0.15) is 10.0 Å². The molecule has 118 valence electrons. The molecule has 2 aromatic heterocycles. The van der Waals surface area contributed by atoms with Crippen LogP contribution in [0.2, 0.25) is 0 Å². The van der Waals surface area contributed by atoms with E-state index in [0.29, 0.717) is 6.54 Å². The van der Waals surface area contributed by atoms with E-state index in [0.717, 1.165) is 41.3 Å². The molecule has 0 aliphatic heterocycles. The third kappa shape index (κ3) is 4.85. The predicted octanol–water partition coefficient (Wildman–Crippen LogP) is 2.30. The fraction of sp³-hybridized carbons (Fsp3) is 0.467. The first-order chi connectivity index (χ1) is 10.7. The first-order valence-corrected chi connectivity index (χ1v) is 8.23. The second kappa shape index (κ2) is 8.55. The SMILES string of the molecule is CC(=O)N[C@@H](CCCCCN)c1nnc(-c2cccnc2)s1. The summed E-state index contributed by atoms with van der Waals surface area (Å²) in [6, 6.07) is 3.73. The Kier molecular flexibility index (Phi) is 6.42. The van der Waals surface area contributed by atoms with Crippen molar-refractivity contribution in [2.45, 2.75) is 38.6 Å². The van der Waals surface area contributed by atoms with Crippen molar-refractivity contribution in [1.29, 1.82) is 0 Å². The fourth-order valence-electron chi connectivity index (χ4n) is 2.15. The van der Waals surface area contributed by atoms with Crippen LogP contribution in [-0.4, -0.2) is 27.6 Å². The van der Waals surface area contributed by atoms with Gasteiger partial charge in [0.05, 0.1) is 6.04 Å². The Morgan fingerprint density at radius 3 is 2.91 bits per heavy atom. The smallest absolute Gasteiger partial charge is 0.217 e. The number of rotatable bonds is 8. The van der Waals surface area contributed by atoms with Gasteiger partial charge in [-0.2, -0.15) is 0 Å². The molecule has 7 heteroatoms.